The van der Waals surface area contributed by atoms with Gasteiger partial charge in [0.05, 0.1) is 5.56 Å². The Balaban J connectivity index is 1.58. The lowest BCUT2D eigenvalue weighted by molar-refractivity contribution is -0.137. The molecule has 0 aliphatic carbocycles. The maximum Gasteiger partial charge on any atom is 0.416 e. The molecular weight excluding hydrogens is 343 g/mol. The summed E-state index contributed by atoms with van der Waals surface area (Å²) in [4.78, 5) is 4.35. The molecule has 2 N–H and O–H groups in total. The molecule has 2 aromatic rings. The van der Waals surface area contributed by atoms with Crippen LogP contribution in [0.2, 0.25) is 0 Å². The van der Waals surface area contributed by atoms with E-state index in [2.05, 4.69) is 9.80 Å². The zero-order valence-electron chi connectivity index (χ0n) is 14.5. The Morgan fingerprint density at radius 2 is 1.27 bits per heavy atom. The Labute approximate surface area is 151 Å². The Morgan fingerprint density at radius 3 is 1.65 bits per heavy atom. The third-order valence-corrected chi connectivity index (χ3v) is 4.36. The van der Waals surface area contributed by atoms with E-state index >= 15 is 0 Å². The van der Waals surface area contributed by atoms with Gasteiger partial charge >= 0.3 is 6.18 Å². The van der Waals surface area contributed by atoms with E-state index in [0.717, 1.165) is 55.4 Å². The quantitative estimate of drug-likeness (QED) is 0.839. The minimum atomic E-state index is -4.30. The molecule has 0 spiro atoms. The lowest BCUT2D eigenvalue weighted by Gasteiger charge is -2.37. The van der Waals surface area contributed by atoms with Gasteiger partial charge in [-0.2, -0.15) is 13.2 Å². The second kappa shape index (κ2) is 7.45. The molecule has 0 aromatic heterocycles. The van der Waals surface area contributed by atoms with Gasteiger partial charge in [0.2, 0.25) is 0 Å². The third kappa shape index (κ3) is 4.40. The second-order valence-corrected chi connectivity index (χ2v) is 6.34. The number of ether oxygens (including phenoxy) is 1. The molecule has 2 aromatic carbocycles. The van der Waals surface area contributed by atoms with Crippen LogP contribution >= 0.6 is 0 Å². The minimum absolute atomic E-state index is 0.354. The highest BCUT2D eigenvalue weighted by atomic mass is 19.4. The first kappa shape index (κ1) is 18.4. The minimum Gasteiger partial charge on any atom is -0.476 e. The molecule has 1 heterocycles. The van der Waals surface area contributed by atoms with E-state index in [1.807, 2.05) is 24.3 Å². The van der Waals surface area contributed by atoms with E-state index in [9.17, 15) is 13.2 Å². The van der Waals surface area contributed by atoms with Crippen molar-refractivity contribution in [3.8, 4) is 5.75 Å². The smallest absolute Gasteiger partial charge is 0.416 e. The van der Waals surface area contributed by atoms with Gasteiger partial charge in [0.15, 0.2) is 0 Å². The fourth-order valence-corrected chi connectivity index (χ4v) is 3.03. The molecule has 1 atom stereocenters. The normalized spacial score (nSPS) is 16.5. The summed E-state index contributed by atoms with van der Waals surface area (Å²) >= 11 is 0. The van der Waals surface area contributed by atoms with E-state index in [0.29, 0.717) is 0 Å². The number of benzene rings is 2. The molecule has 7 heteroatoms. The number of rotatable bonds is 4. The summed E-state index contributed by atoms with van der Waals surface area (Å²) in [5.74, 6) is 0.729. The lowest BCUT2D eigenvalue weighted by atomic mass is 10.1. The van der Waals surface area contributed by atoms with Crippen LogP contribution < -0.4 is 20.3 Å². The standard InChI is InChI=1S/C19H22F3N3O/c1-14(23)26-18-8-6-17(7-9-18)25-12-10-24(11-13-25)16-4-2-15(3-5-16)19(20,21)22/h2-9,14H,10-13,23H2,1H3. The number of halogens is 3. The summed E-state index contributed by atoms with van der Waals surface area (Å²) in [7, 11) is 0. The van der Waals surface area contributed by atoms with Crippen molar-refractivity contribution < 1.29 is 17.9 Å². The van der Waals surface area contributed by atoms with Crippen LogP contribution in [0.15, 0.2) is 48.5 Å². The van der Waals surface area contributed by atoms with Gasteiger partial charge in [-0.05, 0) is 55.5 Å². The number of hydrogen-bond acceptors (Lipinski definition) is 4. The van der Waals surface area contributed by atoms with E-state index in [4.69, 9.17) is 10.5 Å². The van der Waals surface area contributed by atoms with Crippen molar-refractivity contribution in [1.82, 2.24) is 0 Å². The zero-order valence-corrected chi connectivity index (χ0v) is 14.5. The van der Waals surface area contributed by atoms with Crippen molar-refractivity contribution in [3.05, 3.63) is 54.1 Å². The van der Waals surface area contributed by atoms with Gasteiger partial charge in [-0.1, -0.05) is 0 Å². The SMILES string of the molecule is CC(N)Oc1ccc(N2CCN(c3ccc(C(F)(F)F)cc3)CC2)cc1. The van der Waals surface area contributed by atoms with E-state index < -0.39 is 11.7 Å². The Bertz CT molecular complexity index is 706. The number of piperazine rings is 1. The molecule has 0 bridgehead atoms. The van der Waals surface area contributed by atoms with Crippen LogP contribution in [0.3, 0.4) is 0 Å². The number of nitrogens with zero attached hydrogens (tertiary/aromatic N) is 2. The zero-order chi connectivity index (χ0) is 18.7. The van der Waals surface area contributed by atoms with Gasteiger partial charge in [-0.15, -0.1) is 0 Å². The van der Waals surface area contributed by atoms with Crippen LogP contribution in [0.5, 0.6) is 5.75 Å². The molecule has 1 saturated heterocycles. The molecule has 3 rings (SSSR count). The summed E-state index contributed by atoms with van der Waals surface area (Å²) in [5.41, 5.74) is 6.90. The van der Waals surface area contributed by atoms with Gasteiger partial charge in [-0.3, -0.25) is 5.73 Å². The predicted molar refractivity (Wildman–Crippen MR) is 96.6 cm³/mol. The van der Waals surface area contributed by atoms with Gasteiger partial charge in [0, 0.05) is 37.6 Å². The van der Waals surface area contributed by atoms with Gasteiger partial charge in [0.25, 0.3) is 0 Å². The molecule has 0 radical (unpaired) electrons. The maximum atomic E-state index is 12.7. The molecule has 1 unspecified atom stereocenters. The Hall–Kier alpha value is -2.41. The highest BCUT2D eigenvalue weighted by molar-refractivity contribution is 5.53. The van der Waals surface area contributed by atoms with Crippen LogP contribution in [0, 0.1) is 0 Å². The third-order valence-electron chi connectivity index (χ3n) is 4.36. The molecule has 4 nitrogen and oxygen atoms in total. The first-order valence-electron chi connectivity index (χ1n) is 8.52. The predicted octanol–water partition coefficient (Wildman–Crippen LogP) is 3.72. The molecule has 0 saturated carbocycles. The van der Waals surface area contributed by atoms with Crippen LogP contribution in [0.4, 0.5) is 24.5 Å². The van der Waals surface area contributed by atoms with Gasteiger partial charge in [-0.25, -0.2) is 0 Å². The van der Waals surface area contributed by atoms with Crippen molar-refractivity contribution in [2.45, 2.75) is 19.3 Å². The Kier molecular flexibility index (Phi) is 5.27. The molecular formula is C19H22F3N3O. The maximum absolute atomic E-state index is 12.7. The molecule has 0 amide bonds. The number of nitrogens with two attached hydrogens (primary N) is 1. The molecule has 1 aliphatic rings. The highest BCUT2D eigenvalue weighted by Crippen LogP contribution is 2.31. The topological polar surface area (TPSA) is 41.7 Å². The van der Waals surface area contributed by atoms with Crippen LogP contribution in [0.1, 0.15) is 12.5 Å². The van der Waals surface area contributed by atoms with Crippen molar-refractivity contribution in [2.75, 3.05) is 36.0 Å². The van der Waals surface area contributed by atoms with Crippen molar-refractivity contribution in [1.29, 1.82) is 0 Å². The molecule has 1 fully saturated rings. The van der Waals surface area contributed by atoms with E-state index in [-0.39, 0.29) is 6.23 Å². The van der Waals surface area contributed by atoms with E-state index in [1.165, 1.54) is 0 Å². The fraction of sp³-hybridized carbons (Fsp3) is 0.368. The molecule has 26 heavy (non-hydrogen) atoms. The van der Waals surface area contributed by atoms with Crippen molar-refractivity contribution >= 4 is 11.4 Å². The summed E-state index contributed by atoms with van der Waals surface area (Å²) < 4.78 is 43.4. The van der Waals surface area contributed by atoms with Gasteiger partial charge in [0.1, 0.15) is 12.0 Å². The summed E-state index contributed by atoms with van der Waals surface area (Å²) in [6.45, 7) is 4.88. The van der Waals surface area contributed by atoms with Crippen LogP contribution in [-0.4, -0.2) is 32.4 Å². The highest BCUT2D eigenvalue weighted by Gasteiger charge is 2.30. The fourth-order valence-electron chi connectivity index (χ4n) is 3.03. The van der Waals surface area contributed by atoms with Gasteiger partial charge < -0.3 is 14.5 Å². The number of anilines is 2. The summed E-state index contributed by atoms with van der Waals surface area (Å²) in [5, 5.41) is 0. The lowest BCUT2D eigenvalue weighted by Crippen LogP contribution is -2.46. The summed E-state index contributed by atoms with van der Waals surface area (Å²) in [6.07, 6.45) is -4.65. The largest absolute Gasteiger partial charge is 0.476 e. The van der Waals surface area contributed by atoms with Crippen molar-refractivity contribution in [3.63, 3.8) is 0 Å². The first-order chi connectivity index (χ1) is 12.3. The second-order valence-electron chi connectivity index (χ2n) is 6.34. The first-order valence-corrected chi connectivity index (χ1v) is 8.52. The summed E-state index contributed by atoms with van der Waals surface area (Å²) in [6, 6.07) is 13.1. The van der Waals surface area contributed by atoms with Crippen LogP contribution in [-0.2, 0) is 6.18 Å². The molecule has 1 aliphatic heterocycles. The van der Waals surface area contributed by atoms with Crippen LogP contribution in [0.25, 0.3) is 0 Å². The van der Waals surface area contributed by atoms with Crippen molar-refractivity contribution in [2.24, 2.45) is 5.73 Å². The average molecular weight is 365 g/mol. The number of alkyl halides is 3. The van der Waals surface area contributed by atoms with E-state index in [1.54, 1.807) is 19.1 Å². The average Bonchev–Trinajstić information content (AvgIpc) is 2.61. The molecule has 140 valence electrons. The monoisotopic (exact) mass is 365 g/mol. The Morgan fingerprint density at radius 1 is 0.846 bits per heavy atom. The number of hydrogen-bond donors (Lipinski definition) is 1.